The number of benzene rings is 1. The Hall–Kier alpha value is -3.56. The van der Waals surface area contributed by atoms with E-state index in [4.69, 9.17) is 4.52 Å². The number of carbonyl (C=O) groups excluding carboxylic acids is 2. The molecular formula is C22H27N7O3. The number of hydrogen-bond donors (Lipinski definition) is 0. The third-order valence-electron chi connectivity index (χ3n) is 5.73. The van der Waals surface area contributed by atoms with E-state index in [9.17, 15) is 9.59 Å². The van der Waals surface area contributed by atoms with E-state index in [1.54, 1.807) is 4.90 Å². The molecule has 1 fully saturated rings. The number of amides is 2. The monoisotopic (exact) mass is 437 g/mol. The van der Waals surface area contributed by atoms with Crippen LogP contribution in [0, 0.1) is 13.8 Å². The van der Waals surface area contributed by atoms with Gasteiger partial charge in [0.1, 0.15) is 5.76 Å². The molecule has 3 heterocycles. The number of tetrazole rings is 1. The van der Waals surface area contributed by atoms with Gasteiger partial charge in [-0.1, -0.05) is 35.5 Å². The maximum Gasteiger partial charge on any atom is 0.227 e. The minimum Gasteiger partial charge on any atom is -0.361 e. The third-order valence-corrected chi connectivity index (χ3v) is 5.73. The first-order valence-electron chi connectivity index (χ1n) is 10.8. The second kappa shape index (κ2) is 9.71. The molecule has 1 aliphatic rings. The van der Waals surface area contributed by atoms with Crippen molar-refractivity contribution in [3.63, 3.8) is 0 Å². The molecule has 0 N–H and O–H groups in total. The molecule has 1 aliphatic heterocycles. The summed E-state index contributed by atoms with van der Waals surface area (Å²) in [4.78, 5) is 30.3. The predicted octanol–water partition coefficient (Wildman–Crippen LogP) is 1.64. The lowest BCUT2D eigenvalue weighted by molar-refractivity contribution is -0.139. The Labute approximate surface area is 186 Å². The van der Waals surface area contributed by atoms with E-state index < -0.39 is 0 Å². The molecule has 0 bridgehead atoms. The summed E-state index contributed by atoms with van der Waals surface area (Å²) < 4.78 is 5.14. The van der Waals surface area contributed by atoms with Crippen LogP contribution in [0.15, 0.2) is 34.9 Å². The molecular weight excluding hydrogens is 410 g/mol. The summed E-state index contributed by atoms with van der Waals surface area (Å²) in [5, 5.41) is 16.4. The molecule has 0 atom stereocenters. The van der Waals surface area contributed by atoms with Crippen molar-refractivity contribution in [2.45, 2.75) is 39.7 Å². The molecule has 10 heteroatoms. The van der Waals surface area contributed by atoms with Crippen LogP contribution in [0.3, 0.4) is 0 Å². The summed E-state index contributed by atoms with van der Waals surface area (Å²) in [7, 11) is 0. The number of nitrogens with zero attached hydrogens (tertiary/aromatic N) is 7. The second-order valence-electron chi connectivity index (χ2n) is 7.92. The van der Waals surface area contributed by atoms with Crippen LogP contribution in [0.2, 0.25) is 0 Å². The van der Waals surface area contributed by atoms with E-state index in [-0.39, 0.29) is 18.2 Å². The average molecular weight is 438 g/mol. The van der Waals surface area contributed by atoms with Crippen LogP contribution in [0.25, 0.3) is 11.4 Å². The molecule has 168 valence electrons. The van der Waals surface area contributed by atoms with Crippen molar-refractivity contribution in [3.8, 4) is 11.4 Å². The van der Waals surface area contributed by atoms with Crippen LogP contribution in [0.1, 0.15) is 29.9 Å². The third kappa shape index (κ3) is 5.01. The highest BCUT2D eigenvalue weighted by Gasteiger charge is 2.25. The SMILES string of the molecule is Cc1noc(C)c1CC(=O)N1CCN(C(=O)CCCn2nnc(-c3ccccc3)n2)CC1. The molecule has 1 saturated heterocycles. The summed E-state index contributed by atoms with van der Waals surface area (Å²) in [5.41, 5.74) is 2.52. The van der Waals surface area contributed by atoms with E-state index in [1.165, 1.54) is 4.80 Å². The van der Waals surface area contributed by atoms with Gasteiger partial charge in [0.15, 0.2) is 0 Å². The molecule has 4 rings (SSSR count). The average Bonchev–Trinajstić information content (AvgIpc) is 3.42. The lowest BCUT2D eigenvalue weighted by Gasteiger charge is -2.35. The zero-order chi connectivity index (χ0) is 22.5. The Morgan fingerprint density at radius 1 is 1.00 bits per heavy atom. The van der Waals surface area contributed by atoms with Crippen molar-refractivity contribution in [1.82, 2.24) is 35.2 Å². The first kappa shape index (κ1) is 21.7. The van der Waals surface area contributed by atoms with Crippen molar-refractivity contribution < 1.29 is 14.1 Å². The van der Waals surface area contributed by atoms with Gasteiger partial charge in [0.25, 0.3) is 0 Å². The maximum absolute atomic E-state index is 12.6. The summed E-state index contributed by atoms with van der Waals surface area (Å²) in [6.07, 6.45) is 1.33. The number of aryl methyl sites for hydroxylation is 3. The zero-order valence-corrected chi connectivity index (χ0v) is 18.4. The van der Waals surface area contributed by atoms with Crippen molar-refractivity contribution in [3.05, 3.63) is 47.3 Å². The van der Waals surface area contributed by atoms with Gasteiger partial charge in [-0.3, -0.25) is 9.59 Å². The largest absolute Gasteiger partial charge is 0.361 e. The Morgan fingerprint density at radius 3 is 2.34 bits per heavy atom. The van der Waals surface area contributed by atoms with Gasteiger partial charge in [-0.05, 0) is 25.5 Å². The molecule has 2 aromatic heterocycles. The molecule has 10 nitrogen and oxygen atoms in total. The van der Waals surface area contributed by atoms with E-state index in [0.717, 1.165) is 16.8 Å². The standard InChI is InChI=1S/C22H27N7O3/c1-16-19(17(2)32-25-16)15-21(31)28-13-11-27(12-14-28)20(30)9-6-10-29-24-22(23-26-29)18-7-4-3-5-8-18/h3-5,7-8H,6,9-15H2,1-2H3. The van der Waals surface area contributed by atoms with Gasteiger partial charge >= 0.3 is 0 Å². The van der Waals surface area contributed by atoms with E-state index >= 15 is 0 Å². The first-order valence-corrected chi connectivity index (χ1v) is 10.8. The fourth-order valence-electron chi connectivity index (χ4n) is 3.79. The maximum atomic E-state index is 12.6. The summed E-state index contributed by atoms with van der Waals surface area (Å²) in [5.74, 6) is 1.39. The van der Waals surface area contributed by atoms with Crippen molar-refractivity contribution in [2.24, 2.45) is 0 Å². The van der Waals surface area contributed by atoms with E-state index in [2.05, 4.69) is 20.6 Å². The fourth-order valence-corrected chi connectivity index (χ4v) is 3.79. The van der Waals surface area contributed by atoms with E-state index in [0.29, 0.717) is 57.2 Å². The lowest BCUT2D eigenvalue weighted by Crippen LogP contribution is -2.51. The number of carbonyl (C=O) groups is 2. The molecule has 32 heavy (non-hydrogen) atoms. The topological polar surface area (TPSA) is 110 Å². The molecule has 0 saturated carbocycles. The van der Waals surface area contributed by atoms with Gasteiger partial charge < -0.3 is 14.3 Å². The van der Waals surface area contributed by atoms with Crippen molar-refractivity contribution in [1.29, 1.82) is 0 Å². The predicted molar refractivity (Wildman–Crippen MR) is 115 cm³/mol. The fraction of sp³-hybridized carbons (Fsp3) is 0.455. The second-order valence-corrected chi connectivity index (χ2v) is 7.92. The number of piperazine rings is 1. The molecule has 3 aromatic rings. The van der Waals surface area contributed by atoms with Gasteiger partial charge in [0.05, 0.1) is 18.7 Å². The number of hydrogen-bond acceptors (Lipinski definition) is 7. The van der Waals surface area contributed by atoms with Crippen LogP contribution in [-0.4, -0.2) is 73.2 Å². The van der Waals surface area contributed by atoms with Crippen LogP contribution in [0.4, 0.5) is 0 Å². The van der Waals surface area contributed by atoms with Crippen LogP contribution in [-0.2, 0) is 22.6 Å². The molecule has 0 spiro atoms. The summed E-state index contributed by atoms with van der Waals surface area (Å²) >= 11 is 0. The van der Waals surface area contributed by atoms with Gasteiger partial charge in [-0.2, -0.15) is 4.80 Å². The highest BCUT2D eigenvalue weighted by Crippen LogP contribution is 2.15. The summed E-state index contributed by atoms with van der Waals surface area (Å²) in [6, 6.07) is 9.67. The molecule has 2 amide bonds. The van der Waals surface area contributed by atoms with Gasteiger partial charge in [0, 0.05) is 43.7 Å². The van der Waals surface area contributed by atoms with Gasteiger partial charge in [-0.25, -0.2) is 0 Å². The minimum absolute atomic E-state index is 0.0398. The highest BCUT2D eigenvalue weighted by atomic mass is 16.5. The normalized spacial score (nSPS) is 14.1. The summed E-state index contributed by atoms with van der Waals surface area (Å²) in [6.45, 7) is 6.36. The van der Waals surface area contributed by atoms with Crippen LogP contribution in [0.5, 0.6) is 0 Å². The van der Waals surface area contributed by atoms with Crippen molar-refractivity contribution in [2.75, 3.05) is 26.2 Å². The Bertz CT molecular complexity index is 1050. The Morgan fingerprint density at radius 2 is 1.69 bits per heavy atom. The zero-order valence-electron chi connectivity index (χ0n) is 18.4. The quantitative estimate of drug-likeness (QED) is 0.552. The Kier molecular flexibility index (Phi) is 6.58. The minimum atomic E-state index is 0.0398. The lowest BCUT2D eigenvalue weighted by atomic mass is 10.1. The van der Waals surface area contributed by atoms with Gasteiger partial charge in [0.2, 0.25) is 17.6 Å². The van der Waals surface area contributed by atoms with E-state index in [1.807, 2.05) is 49.1 Å². The van der Waals surface area contributed by atoms with Crippen LogP contribution >= 0.6 is 0 Å². The molecule has 0 aliphatic carbocycles. The molecule has 0 unspecified atom stereocenters. The van der Waals surface area contributed by atoms with Gasteiger partial charge in [-0.15, -0.1) is 10.2 Å². The molecule has 0 radical (unpaired) electrons. The smallest absolute Gasteiger partial charge is 0.227 e. The Balaban J connectivity index is 1.20. The number of rotatable bonds is 7. The molecule has 1 aromatic carbocycles. The highest BCUT2D eigenvalue weighted by molar-refractivity contribution is 5.80. The van der Waals surface area contributed by atoms with Crippen molar-refractivity contribution >= 4 is 11.8 Å². The number of aromatic nitrogens is 5. The van der Waals surface area contributed by atoms with Crippen LogP contribution < -0.4 is 0 Å². The first-order chi connectivity index (χ1) is 15.5.